The molecule has 0 radical (unpaired) electrons. The Bertz CT molecular complexity index is 725. The summed E-state index contributed by atoms with van der Waals surface area (Å²) in [5.74, 6) is 2.69. The molecule has 0 aliphatic heterocycles. The van der Waals surface area contributed by atoms with Crippen LogP contribution in [-0.4, -0.2) is 39.3 Å². The molecule has 142 valence electrons. The van der Waals surface area contributed by atoms with Crippen LogP contribution in [0.15, 0.2) is 41.5 Å². The van der Waals surface area contributed by atoms with E-state index in [0.29, 0.717) is 36.4 Å². The van der Waals surface area contributed by atoms with E-state index in [-0.39, 0.29) is 24.0 Å². The zero-order valence-corrected chi connectivity index (χ0v) is 17.7. The molecule has 2 rings (SSSR count). The van der Waals surface area contributed by atoms with Crippen molar-refractivity contribution in [3.05, 3.63) is 47.7 Å². The molecular formula is C18H25IN4O3. The number of ether oxygens (including phenoxy) is 3. The van der Waals surface area contributed by atoms with Crippen molar-refractivity contribution < 1.29 is 14.2 Å². The van der Waals surface area contributed by atoms with E-state index in [4.69, 9.17) is 14.2 Å². The fraction of sp³-hybridized carbons (Fsp3) is 0.333. The van der Waals surface area contributed by atoms with Crippen molar-refractivity contribution in [3.8, 4) is 17.4 Å². The van der Waals surface area contributed by atoms with Crippen molar-refractivity contribution >= 4 is 29.9 Å². The lowest BCUT2D eigenvalue weighted by atomic mass is 10.2. The first kappa shape index (κ1) is 21.8. The normalized spacial score (nSPS) is 10.5. The molecule has 0 amide bonds. The third-order valence-corrected chi connectivity index (χ3v) is 3.62. The summed E-state index contributed by atoms with van der Waals surface area (Å²) < 4.78 is 15.8. The van der Waals surface area contributed by atoms with Crippen LogP contribution < -0.4 is 24.8 Å². The Balaban J connectivity index is 0.00000338. The minimum Gasteiger partial charge on any atom is -0.493 e. The summed E-state index contributed by atoms with van der Waals surface area (Å²) in [5, 5.41) is 6.51. The summed E-state index contributed by atoms with van der Waals surface area (Å²) in [5.41, 5.74) is 2.01. The number of methoxy groups -OCH3 is 3. The molecule has 0 atom stereocenters. The molecule has 1 aromatic heterocycles. The molecule has 0 bridgehead atoms. The van der Waals surface area contributed by atoms with Gasteiger partial charge in [-0.2, -0.15) is 0 Å². The Kier molecular flexibility index (Phi) is 9.56. The molecule has 0 saturated carbocycles. The SMILES string of the molecule is CN=C(NCc1ccc(OC)c(OC)c1)NCc1cccnc1OC.I. The van der Waals surface area contributed by atoms with Gasteiger partial charge in [0.05, 0.1) is 21.3 Å². The molecule has 0 saturated heterocycles. The van der Waals surface area contributed by atoms with Gasteiger partial charge in [0.15, 0.2) is 17.5 Å². The van der Waals surface area contributed by atoms with Gasteiger partial charge in [-0.1, -0.05) is 12.1 Å². The summed E-state index contributed by atoms with van der Waals surface area (Å²) in [6.45, 7) is 1.16. The van der Waals surface area contributed by atoms with Gasteiger partial charge >= 0.3 is 0 Å². The molecule has 0 aliphatic rings. The maximum absolute atomic E-state index is 5.32. The number of hydrogen-bond acceptors (Lipinski definition) is 5. The van der Waals surface area contributed by atoms with E-state index in [1.165, 1.54) is 0 Å². The van der Waals surface area contributed by atoms with Crippen LogP contribution in [0.25, 0.3) is 0 Å². The number of rotatable bonds is 7. The van der Waals surface area contributed by atoms with Crippen molar-refractivity contribution in [2.24, 2.45) is 4.99 Å². The molecule has 2 N–H and O–H groups in total. The van der Waals surface area contributed by atoms with Gasteiger partial charge < -0.3 is 24.8 Å². The number of halogens is 1. The Morgan fingerprint density at radius 1 is 1.00 bits per heavy atom. The fourth-order valence-corrected chi connectivity index (χ4v) is 2.32. The number of benzene rings is 1. The van der Waals surface area contributed by atoms with Gasteiger partial charge in [0.1, 0.15) is 0 Å². The van der Waals surface area contributed by atoms with Crippen LogP contribution in [-0.2, 0) is 13.1 Å². The summed E-state index contributed by atoms with van der Waals surface area (Å²) in [4.78, 5) is 8.41. The van der Waals surface area contributed by atoms with E-state index in [2.05, 4.69) is 20.6 Å². The lowest BCUT2D eigenvalue weighted by Gasteiger charge is -2.14. The van der Waals surface area contributed by atoms with Gasteiger partial charge in [-0.05, 0) is 23.8 Å². The highest BCUT2D eigenvalue weighted by molar-refractivity contribution is 14.0. The Morgan fingerprint density at radius 3 is 2.38 bits per heavy atom. The second-order valence-electron chi connectivity index (χ2n) is 5.14. The molecule has 2 aromatic rings. The largest absolute Gasteiger partial charge is 0.493 e. The van der Waals surface area contributed by atoms with Gasteiger partial charge in [-0.3, -0.25) is 4.99 Å². The predicted octanol–water partition coefficient (Wildman–Crippen LogP) is 2.59. The van der Waals surface area contributed by atoms with E-state index >= 15 is 0 Å². The van der Waals surface area contributed by atoms with Crippen LogP contribution in [0.5, 0.6) is 17.4 Å². The van der Waals surface area contributed by atoms with Crippen LogP contribution in [0.4, 0.5) is 0 Å². The monoisotopic (exact) mass is 472 g/mol. The number of hydrogen-bond donors (Lipinski definition) is 2. The number of guanidine groups is 1. The lowest BCUT2D eigenvalue weighted by Crippen LogP contribution is -2.36. The maximum Gasteiger partial charge on any atom is 0.218 e. The minimum absolute atomic E-state index is 0. The molecule has 0 fully saturated rings. The first-order valence-corrected chi connectivity index (χ1v) is 7.85. The molecule has 8 heteroatoms. The van der Waals surface area contributed by atoms with E-state index in [0.717, 1.165) is 11.1 Å². The van der Waals surface area contributed by atoms with E-state index in [1.54, 1.807) is 34.6 Å². The van der Waals surface area contributed by atoms with Gasteiger partial charge in [0, 0.05) is 31.9 Å². The number of aliphatic imine (C=N–C) groups is 1. The average Bonchev–Trinajstić information content (AvgIpc) is 2.68. The smallest absolute Gasteiger partial charge is 0.218 e. The molecule has 0 aliphatic carbocycles. The molecule has 7 nitrogen and oxygen atoms in total. The lowest BCUT2D eigenvalue weighted by molar-refractivity contribution is 0.354. The zero-order valence-electron chi connectivity index (χ0n) is 15.4. The molecular weight excluding hydrogens is 447 g/mol. The topological polar surface area (TPSA) is 77.0 Å². The highest BCUT2D eigenvalue weighted by Crippen LogP contribution is 2.27. The van der Waals surface area contributed by atoms with Gasteiger partial charge in [-0.15, -0.1) is 24.0 Å². The zero-order chi connectivity index (χ0) is 18.1. The van der Waals surface area contributed by atoms with Gasteiger partial charge in [-0.25, -0.2) is 4.98 Å². The minimum atomic E-state index is 0. The summed E-state index contributed by atoms with van der Waals surface area (Å²) in [6.07, 6.45) is 1.70. The summed E-state index contributed by atoms with van der Waals surface area (Å²) in [7, 11) is 6.57. The molecule has 0 unspecified atom stereocenters. The summed E-state index contributed by atoms with van der Waals surface area (Å²) in [6, 6.07) is 9.63. The summed E-state index contributed by atoms with van der Waals surface area (Å²) >= 11 is 0. The highest BCUT2D eigenvalue weighted by Gasteiger charge is 2.07. The highest BCUT2D eigenvalue weighted by atomic mass is 127. The molecule has 0 spiro atoms. The first-order chi connectivity index (χ1) is 12.2. The van der Waals surface area contributed by atoms with Crippen molar-refractivity contribution in [2.75, 3.05) is 28.4 Å². The number of pyridine rings is 1. The van der Waals surface area contributed by atoms with Crippen LogP contribution in [0.1, 0.15) is 11.1 Å². The first-order valence-electron chi connectivity index (χ1n) is 7.85. The van der Waals surface area contributed by atoms with Crippen LogP contribution in [0.3, 0.4) is 0 Å². The van der Waals surface area contributed by atoms with E-state index in [9.17, 15) is 0 Å². The van der Waals surface area contributed by atoms with E-state index in [1.807, 2.05) is 30.3 Å². The second-order valence-corrected chi connectivity index (χ2v) is 5.14. The standard InChI is InChI=1S/C18H24N4O3.HI/c1-19-18(22-12-14-6-5-9-20-17(14)25-4)21-11-13-7-8-15(23-2)16(10-13)24-3;/h5-10H,11-12H2,1-4H3,(H2,19,21,22);1H. The Morgan fingerprint density at radius 2 is 1.73 bits per heavy atom. The third-order valence-electron chi connectivity index (χ3n) is 3.62. The Labute approximate surface area is 171 Å². The number of nitrogens with one attached hydrogen (secondary N) is 2. The molecule has 1 aromatic carbocycles. The molecule has 26 heavy (non-hydrogen) atoms. The molecule has 1 heterocycles. The second kappa shape index (κ2) is 11.4. The van der Waals surface area contributed by atoms with Crippen molar-refractivity contribution in [2.45, 2.75) is 13.1 Å². The number of nitrogens with zero attached hydrogens (tertiary/aromatic N) is 2. The fourth-order valence-electron chi connectivity index (χ4n) is 2.32. The van der Waals surface area contributed by atoms with Crippen LogP contribution >= 0.6 is 24.0 Å². The van der Waals surface area contributed by atoms with Gasteiger partial charge in [0.25, 0.3) is 0 Å². The van der Waals surface area contributed by atoms with Crippen molar-refractivity contribution in [3.63, 3.8) is 0 Å². The quantitative estimate of drug-likeness (QED) is 0.367. The third kappa shape index (κ3) is 5.94. The van der Waals surface area contributed by atoms with Gasteiger partial charge in [0.2, 0.25) is 5.88 Å². The van der Waals surface area contributed by atoms with E-state index < -0.39 is 0 Å². The number of aromatic nitrogens is 1. The van der Waals surface area contributed by atoms with Crippen LogP contribution in [0, 0.1) is 0 Å². The van der Waals surface area contributed by atoms with Crippen molar-refractivity contribution in [1.29, 1.82) is 0 Å². The average molecular weight is 472 g/mol. The predicted molar refractivity (Wildman–Crippen MR) is 113 cm³/mol. The van der Waals surface area contributed by atoms with Crippen LogP contribution in [0.2, 0.25) is 0 Å². The van der Waals surface area contributed by atoms with Crippen molar-refractivity contribution in [1.82, 2.24) is 15.6 Å². The Hall–Kier alpha value is -2.23. The maximum atomic E-state index is 5.32.